The van der Waals surface area contributed by atoms with E-state index >= 15 is 0 Å². The van der Waals surface area contributed by atoms with Crippen molar-refractivity contribution in [3.05, 3.63) is 94.7 Å². The summed E-state index contributed by atoms with van der Waals surface area (Å²) in [4.78, 5) is 19.0. The van der Waals surface area contributed by atoms with Gasteiger partial charge in [-0.05, 0) is 36.2 Å². The Morgan fingerprint density at radius 1 is 1.12 bits per heavy atom. The van der Waals surface area contributed by atoms with Gasteiger partial charge in [-0.15, -0.1) is 0 Å². The number of aryl methyl sites for hydroxylation is 1. The second-order valence-electron chi connectivity index (χ2n) is 7.60. The van der Waals surface area contributed by atoms with Crippen LogP contribution in [0.5, 0.6) is 0 Å². The Balaban J connectivity index is 1.37. The highest BCUT2D eigenvalue weighted by Gasteiger charge is 2.18. The first-order chi connectivity index (χ1) is 16.1. The molecule has 0 N–H and O–H groups in total. The highest BCUT2D eigenvalue weighted by atomic mass is 35.5. The Morgan fingerprint density at radius 3 is 2.73 bits per heavy atom. The van der Waals surface area contributed by atoms with Crippen molar-refractivity contribution in [2.75, 3.05) is 13.2 Å². The lowest BCUT2D eigenvalue weighted by Crippen LogP contribution is -2.35. The van der Waals surface area contributed by atoms with Gasteiger partial charge in [0.05, 0.1) is 19.4 Å². The number of carbonyl (C=O) groups is 1. The quantitative estimate of drug-likeness (QED) is 0.325. The van der Waals surface area contributed by atoms with Crippen molar-refractivity contribution in [2.45, 2.75) is 26.5 Å². The summed E-state index contributed by atoms with van der Waals surface area (Å²) in [5, 5.41) is 4.69. The average Bonchev–Trinajstić information content (AvgIpc) is 3.51. The van der Waals surface area contributed by atoms with Crippen molar-refractivity contribution >= 4 is 17.5 Å². The summed E-state index contributed by atoms with van der Waals surface area (Å²) < 4.78 is 16.5. The molecule has 2 aromatic carbocycles. The maximum absolute atomic E-state index is 12.9. The van der Waals surface area contributed by atoms with Crippen molar-refractivity contribution < 1.29 is 18.5 Å². The molecule has 2 heterocycles. The van der Waals surface area contributed by atoms with E-state index in [-0.39, 0.29) is 12.5 Å². The lowest BCUT2D eigenvalue weighted by atomic mass is 10.1. The molecule has 4 rings (SSSR count). The third-order valence-electron chi connectivity index (χ3n) is 5.11. The number of amides is 1. The first kappa shape index (κ1) is 22.8. The van der Waals surface area contributed by atoms with Crippen LogP contribution in [0.4, 0.5) is 0 Å². The monoisotopic (exact) mass is 465 g/mol. The van der Waals surface area contributed by atoms with E-state index in [0.29, 0.717) is 48.6 Å². The molecule has 0 aliphatic heterocycles. The Morgan fingerprint density at radius 2 is 1.97 bits per heavy atom. The number of carbonyl (C=O) groups excluding carboxylic acids is 1. The van der Waals surface area contributed by atoms with Crippen molar-refractivity contribution in [2.24, 2.45) is 0 Å². The van der Waals surface area contributed by atoms with Gasteiger partial charge in [0.2, 0.25) is 17.6 Å². The maximum Gasteiger partial charge on any atom is 0.249 e. The van der Waals surface area contributed by atoms with Gasteiger partial charge in [-0.2, -0.15) is 4.98 Å². The molecule has 4 aromatic rings. The zero-order valence-corrected chi connectivity index (χ0v) is 19.0. The van der Waals surface area contributed by atoms with Crippen molar-refractivity contribution in [3.63, 3.8) is 0 Å². The lowest BCUT2D eigenvalue weighted by molar-refractivity contribution is -0.137. The molecule has 2 aromatic heterocycles. The number of nitrogens with zero attached hydrogens (tertiary/aromatic N) is 3. The van der Waals surface area contributed by atoms with Crippen LogP contribution in [0, 0.1) is 6.92 Å². The number of halogens is 1. The van der Waals surface area contributed by atoms with Gasteiger partial charge in [0.1, 0.15) is 12.4 Å². The van der Waals surface area contributed by atoms with Crippen LogP contribution >= 0.6 is 11.6 Å². The zero-order valence-electron chi connectivity index (χ0n) is 18.2. The van der Waals surface area contributed by atoms with Crippen molar-refractivity contribution in [1.82, 2.24) is 15.0 Å². The minimum atomic E-state index is -0.146. The normalized spacial score (nSPS) is 11.0. The molecule has 170 valence electrons. The molecule has 0 saturated heterocycles. The van der Waals surface area contributed by atoms with Crippen LogP contribution in [-0.2, 0) is 29.1 Å². The molecule has 0 fully saturated rings. The van der Waals surface area contributed by atoms with Crippen LogP contribution in [0.1, 0.15) is 22.8 Å². The van der Waals surface area contributed by atoms with Crippen LogP contribution in [0.15, 0.2) is 75.9 Å². The lowest BCUT2D eigenvalue weighted by Gasteiger charge is -2.21. The Labute approximate surface area is 196 Å². The first-order valence-electron chi connectivity index (χ1n) is 10.6. The van der Waals surface area contributed by atoms with Crippen LogP contribution in [0.25, 0.3) is 11.4 Å². The van der Waals surface area contributed by atoms with Gasteiger partial charge < -0.3 is 18.6 Å². The largest absolute Gasteiger partial charge is 0.467 e. The fraction of sp³-hybridized carbons (Fsp3) is 0.240. The number of hydrogen-bond acceptors (Lipinski definition) is 6. The van der Waals surface area contributed by atoms with Gasteiger partial charge in [0, 0.05) is 23.6 Å². The predicted molar refractivity (Wildman–Crippen MR) is 123 cm³/mol. The topological polar surface area (TPSA) is 81.6 Å². The number of hydrogen-bond donors (Lipinski definition) is 0. The van der Waals surface area contributed by atoms with Gasteiger partial charge in [-0.25, -0.2) is 0 Å². The molecule has 0 aliphatic carbocycles. The smallest absolute Gasteiger partial charge is 0.249 e. The summed E-state index contributed by atoms with van der Waals surface area (Å²) in [6.45, 7) is 2.97. The second-order valence-corrected chi connectivity index (χ2v) is 8.01. The van der Waals surface area contributed by atoms with E-state index in [9.17, 15) is 4.79 Å². The van der Waals surface area contributed by atoms with E-state index in [1.165, 1.54) is 0 Å². The number of furan rings is 1. The third-order valence-corrected chi connectivity index (χ3v) is 5.52. The SMILES string of the molecule is Cc1ccc(-c2noc(CCN(Cc3ccco3)C(=O)COCc3ccccc3)n2)cc1Cl. The number of rotatable bonds is 10. The van der Waals surface area contributed by atoms with Crippen molar-refractivity contribution in [3.8, 4) is 11.4 Å². The molecule has 1 amide bonds. The minimum absolute atomic E-state index is 0.0352. The summed E-state index contributed by atoms with van der Waals surface area (Å²) in [6.07, 6.45) is 1.98. The average molecular weight is 466 g/mol. The van der Waals surface area contributed by atoms with Crippen molar-refractivity contribution in [1.29, 1.82) is 0 Å². The van der Waals surface area contributed by atoms with E-state index in [2.05, 4.69) is 10.1 Å². The highest BCUT2D eigenvalue weighted by Crippen LogP contribution is 2.23. The molecule has 0 aliphatic rings. The van der Waals surface area contributed by atoms with Gasteiger partial charge in [0.15, 0.2) is 0 Å². The summed E-state index contributed by atoms with van der Waals surface area (Å²) in [5.41, 5.74) is 2.77. The van der Waals surface area contributed by atoms with Crippen LogP contribution in [-0.4, -0.2) is 34.1 Å². The van der Waals surface area contributed by atoms with Gasteiger partial charge in [0.25, 0.3) is 0 Å². The van der Waals surface area contributed by atoms with E-state index in [4.69, 9.17) is 25.3 Å². The molecule has 7 nitrogen and oxygen atoms in total. The van der Waals surface area contributed by atoms with Gasteiger partial charge in [-0.1, -0.05) is 59.2 Å². The summed E-state index contributed by atoms with van der Waals surface area (Å²) in [7, 11) is 0. The Kier molecular flexibility index (Phi) is 7.55. The molecule has 0 saturated carbocycles. The van der Waals surface area contributed by atoms with Crippen LogP contribution in [0.2, 0.25) is 5.02 Å². The predicted octanol–water partition coefficient (Wildman–Crippen LogP) is 5.08. The summed E-state index contributed by atoms with van der Waals surface area (Å²) in [5.74, 6) is 1.44. The first-order valence-corrected chi connectivity index (χ1v) is 11.0. The van der Waals surface area contributed by atoms with E-state index in [0.717, 1.165) is 16.7 Å². The standard InChI is InChI=1S/C25H24ClN3O4/c1-18-9-10-20(14-22(18)26)25-27-23(33-28-25)11-12-29(15-21-8-5-13-32-21)24(30)17-31-16-19-6-3-2-4-7-19/h2-10,13-14H,11-12,15-17H2,1H3. The summed E-state index contributed by atoms with van der Waals surface area (Å²) in [6, 6.07) is 19.0. The minimum Gasteiger partial charge on any atom is -0.467 e. The summed E-state index contributed by atoms with van der Waals surface area (Å²) >= 11 is 6.21. The molecule has 0 unspecified atom stereocenters. The molecule has 0 spiro atoms. The van der Waals surface area contributed by atoms with Crippen LogP contribution < -0.4 is 0 Å². The molecule has 0 atom stereocenters. The zero-order chi connectivity index (χ0) is 23.0. The third kappa shape index (κ3) is 6.31. The van der Waals surface area contributed by atoms with E-state index < -0.39 is 0 Å². The van der Waals surface area contributed by atoms with E-state index in [1.54, 1.807) is 17.2 Å². The number of aromatic nitrogens is 2. The Bertz CT molecular complexity index is 1180. The van der Waals surface area contributed by atoms with Gasteiger partial charge >= 0.3 is 0 Å². The van der Waals surface area contributed by atoms with Crippen LogP contribution in [0.3, 0.4) is 0 Å². The molecule has 0 radical (unpaired) electrons. The Hall–Kier alpha value is -3.42. The molecule has 8 heteroatoms. The fourth-order valence-electron chi connectivity index (χ4n) is 3.24. The van der Waals surface area contributed by atoms with E-state index in [1.807, 2.05) is 61.5 Å². The number of benzene rings is 2. The van der Waals surface area contributed by atoms with Gasteiger partial charge in [-0.3, -0.25) is 4.79 Å². The molecule has 33 heavy (non-hydrogen) atoms. The fourth-order valence-corrected chi connectivity index (χ4v) is 3.42. The molecular weight excluding hydrogens is 442 g/mol. The highest BCUT2D eigenvalue weighted by molar-refractivity contribution is 6.31. The second kappa shape index (κ2) is 10.9. The molecular formula is C25H24ClN3O4. The number of ether oxygens (including phenoxy) is 1. The maximum atomic E-state index is 12.9. The molecule has 0 bridgehead atoms.